The number of fused-ring (bicyclic) bond motifs is 1. The molecule has 0 bridgehead atoms. The van der Waals surface area contributed by atoms with E-state index in [0.29, 0.717) is 24.5 Å². The first-order valence-electron chi connectivity index (χ1n) is 12.7. The summed E-state index contributed by atoms with van der Waals surface area (Å²) in [7, 11) is 1.64. The molecule has 8 nitrogen and oxygen atoms in total. The summed E-state index contributed by atoms with van der Waals surface area (Å²) < 4.78 is 7.34. The average Bonchev–Trinajstić information content (AvgIpc) is 3.62. The van der Waals surface area contributed by atoms with Gasteiger partial charge in [-0.2, -0.15) is 0 Å². The number of tetrazole rings is 1. The number of aromatic nitrogens is 5. The van der Waals surface area contributed by atoms with Crippen LogP contribution in [-0.2, 0) is 18.6 Å². The number of H-pyrrole nitrogens is 1. The molecule has 3 heterocycles. The molecule has 0 radical (unpaired) electrons. The molecule has 0 spiro atoms. The molecule has 0 amide bonds. The molecule has 3 aromatic heterocycles. The second kappa shape index (κ2) is 10.9. The van der Waals surface area contributed by atoms with E-state index in [1.807, 2.05) is 47.1 Å². The van der Waals surface area contributed by atoms with Gasteiger partial charge in [0.15, 0.2) is 5.82 Å². The van der Waals surface area contributed by atoms with Crippen LogP contribution in [0.25, 0.3) is 10.9 Å². The Balaban J connectivity index is 1.73. The van der Waals surface area contributed by atoms with E-state index in [4.69, 9.17) is 4.74 Å². The third kappa shape index (κ3) is 5.25. The van der Waals surface area contributed by atoms with E-state index in [2.05, 4.69) is 75.8 Å². The second-order valence-electron chi connectivity index (χ2n) is 9.99. The molecule has 1 N–H and O–H groups in total. The fourth-order valence-electron chi connectivity index (χ4n) is 4.64. The smallest absolute Gasteiger partial charge is 0.253 e. The van der Waals surface area contributed by atoms with Crippen LogP contribution >= 0.6 is 11.3 Å². The van der Waals surface area contributed by atoms with Gasteiger partial charge in [-0.15, -0.1) is 16.4 Å². The third-order valence-corrected chi connectivity index (χ3v) is 7.95. The molecule has 196 valence electrons. The predicted octanol–water partition coefficient (Wildman–Crippen LogP) is 5.52. The van der Waals surface area contributed by atoms with Gasteiger partial charge >= 0.3 is 0 Å². The highest BCUT2D eigenvalue weighted by Gasteiger charge is 2.34. The molecule has 0 aliphatic heterocycles. The van der Waals surface area contributed by atoms with Crippen molar-refractivity contribution >= 4 is 22.2 Å². The number of nitrogens with one attached hydrogen (secondary N) is 1. The van der Waals surface area contributed by atoms with E-state index in [0.717, 1.165) is 28.6 Å². The lowest BCUT2D eigenvalue weighted by Crippen LogP contribution is -2.37. The van der Waals surface area contributed by atoms with Crippen molar-refractivity contribution in [3.05, 3.63) is 104 Å². The molecular formula is C29H32N6O2S. The first-order valence-corrected chi connectivity index (χ1v) is 13.6. The Morgan fingerprint density at radius 2 is 1.89 bits per heavy atom. The monoisotopic (exact) mass is 528 g/mol. The van der Waals surface area contributed by atoms with Crippen LogP contribution in [0.3, 0.4) is 0 Å². The fraction of sp³-hybridized carbons (Fsp3) is 0.310. The Hall–Kier alpha value is -3.82. The summed E-state index contributed by atoms with van der Waals surface area (Å²) in [6.45, 7) is 7.58. The molecule has 0 saturated heterocycles. The standard InChI is InChI=1S/C29H32N6O2S/c1-5-29(2,3)35-27(31-32-33-35)26(24-17-21-16-22(37-4)13-14-25(21)30-28(24)36)34(19-23-12-9-15-38-23)18-20-10-7-6-8-11-20/h6-17,26H,5,18-19H2,1-4H3,(H,30,36)/t26-/m1/s1. The van der Waals surface area contributed by atoms with Crippen molar-refractivity contribution in [3.63, 3.8) is 0 Å². The maximum Gasteiger partial charge on any atom is 0.253 e. The first-order chi connectivity index (χ1) is 18.4. The Kier molecular flexibility index (Phi) is 7.40. The zero-order valence-corrected chi connectivity index (χ0v) is 22.9. The van der Waals surface area contributed by atoms with Gasteiger partial charge in [0.1, 0.15) is 11.8 Å². The lowest BCUT2D eigenvalue weighted by Gasteiger charge is -2.33. The van der Waals surface area contributed by atoms with Crippen LogP contribution in [0.1, 0.15) is 55.1 Å². The second-order valence-corrected chi connectivity index (χ2v) is 11.0. The number of pyridine rings is 1. The highest BCUT2D eigenvalue weighted by molar-refractivity contribution is 7.09. The molecule has 2 aromatic carbocycles. The minimum absolute atomic E-state index is 0.166. The fourth-order valence-corrected chi connectivity index (χ4v) is 5.36. The first kappa shape index (κ1) is 25.8. The van der Waals surface area contributed by atoms with E-state index in [-0.39, 0.29) is 11.1 Å². The van der Waals surface area contributed by atoms with Gasteiger partial charge in [-0.05, 0) is 72.0 Å². The molecule has 0 aliphatic rings. The molecular weight excluding hydrogens is 496 g/mol. The van der Waals surface area contributed by atoms with Crippen molar-refractivity contribution < 1.29 is 4.74 Å². The number of aromatic amines is 1. The summed E-state index contributed by atoms with van der Waals surface area (Å²) in [5.74, 6) is 1.36. The highest BCUT2D eigenvalue weighted by Crippen LogP contribution is 2.33. The lowest BCUT2D eigenvalue weighted by molar-refractivity contribution is 0.182. The third-order valence-electron chi connectivity index (χ3n) is 7.08. The minimum atomic E-state index is -0.502. The van der Waals surface area contributed by atoms with Crippen LogP contribution in [0.4, 0.5) is 0 Å². The van der Waals surface area contributed by atoms with Gasteiger partial charge in [-0.3, -0.25) is 9.69 Å². The summed E-state index contributed by atoms with van der Waals surface area (Å²) >= 11 is 1.69. The number of rotatable bonds is 10. The molecule has 0 saturated carbocycles. The van der Waals surface area contributed by atoms with Gasteiger partial charge in [0.2, 0.25) is 0 Å². The number of thiophene rings is 1. The predicted molar refractivity (Wildman–Crippen MR) is 150 cm³/mol. The van der Waals surface area contributed by atoms with E-state index >= 15 is 0 Å². The van der Waals surface area contributed by atoms with Gasteiger partial charge in [0, 0.05) is 34.4 Å². The minimum Gasteiger partial charge on any atom is -0.497 e. The molecule has 5 rings (SSSR count). The summed E-state index contributed by atoms with van der Waals surface area (Å²) in [6, 6.07) is 21.6. The van der Waals surface area contributed by atoms with Crippen LogP contribution in [0.2, 0.25) is 0 Å². The van der Waals surface area contributed by atoms with Crippen molar-refractivity contribution in [3.8, 4) is 5.75 Å². The number of nitrogens with zero attached hydrogens (tertiary/aromatic N) is 5. The summed E-state index contributed by atoms with van der Waals surface area (Å²) in [6.07, 6.45) is 0.826. The average molecular weight is 529 g/mol. The van der Waals surface area contributed by atoms with Crippen LogP contribution < -0.4 is 10.3 Å². The molecule has 0 fully saturated rings. The topological polar surface area (TPSA) is 88.9 Å². The van der Waals surface area contributed by atoms with E-state index in [9.17, 15) is 4.79 Å². The van der Waals surface area contributed by atoms with Crippen molar-refractivity contribution in [2.75, 3.05) is 7.11 Å². The van der Waals surface area contributed by atoms with Gasteiger partial charge in [-0.25, -0.2) is 4.68 Å². The molecule has 0 aliphatic carbocycles. The number of hydrogen-bond acceptors (Lipinski definition) is 7. The van der Waals surface area contributed by atoms with Crippen molar-refractivity contribution in [1.82, 2.24) is 30.1 Å². The van der Waals surface area contributed by atoms with E-state index in [1.54, 1.807) is 18.4 Å². The van der Waals surface area contributed by atoms with Crippen molar-refractivity contribution in [2.45, 2.75) is 51.9 Å². The zero-order chi connectivity index (χ0) is 26.7. The van der Waals surface area contributed by atoms with E-state index in [1.165, 1.54) is 4.88 Å². The number of methoxy groups -OCH3 is 1. The molecule has 9 heteroatoms. The van der Waals surface area contributed by atoms with Crippen LogP contribution in [0.15, 0.2) is 76.9 Å². The Bertz CT molecular complexity index is 1560. The maximum atomic E-state index is 13.7. The van der Waals surface area contributed by atoms with E-state index < -0.39 is 6.04 Å². The number of hydrogen-bond donors (Lipinski definition) is 1. The van der Waals surface area contributed by atoms with Crippen molar-refractivity contribution in [1.29, 1.82) is 0 Å². The molecule has 5 aromatic rings. The number of benzene rings is 2. The molecule has 38 heavy (non-hydrogen) atoms. The normalized spacial score (nSPS) is 12.8. The van der Waals surface area contributed by atoms with Crippen LogP contribution in [-0.4, -0.2) is 37.2 Å². The molecule has 1 atom stereocenters. The Morgan fingerprint density at radius 1 is 1.08 bits per heavy atom. The zero-order valence-electron chi connectivity index (χ0n) is 22.1. The summed E-state index contributed by atoms with van der Waals surface area (Å²) in [5, 5.41) is 16.0. The Morgan fingerprint density at radius 3 is 2.61 bits per heavy atom. The van der Waals surface area contributed by atoms with Crippen molar-refractivity contribution in [2.24, 2.45) is 0 Å². The largest absolute Gasteiger partial charge is 0.497 e. The quantitative estimate of drug-likeness (QED) is 0.257. The molecule has 0 unspecified atom stereocenters. The maximum absolute atomic E-state index is 13.7. The van der Waals surface area contributed by atoms with Gasteiger partial charge < -0.3 is 9.72 Å². The van der Waals surface area contributed by atoms with Crippen LogP contribution in [0, 0.1) is 0 Å². The van der Waals surface area contributed by atoms with Gasteiger partial charge in [0.05, 0.1) is 12.6 Å². The van der Waals surface area contributed by atoms with Gasteiger partial charge in [0.25, 0.3) is 5.56 Å². The van der Waals surface area contributed by atoms with Gasteiger partial charge in [-0.1, -0.05) is 43.3 Å². The summed E-state index contributed by atoms with van der Waals surface area (Å²) in [5.41, 5.74) is 1.97. The lowest BCUT2D eigenvalue weighted by atomic mass is 9.98. The summed E-state index contributed by atoms with van der Waals surface area (Å²) in [4.78, 5) is 20.3. The number of ether oxygens (including phenoxy) is 1. The highest BCUT2D eigenvalue weighted by atomic mass is 32.1. The Labute approximate surface area is 225 Å². The SMILES string of the molecule is CCC(C)(C)n1nnnc1[C@@H](c1cc2cc(OC)ccc2[nH]c1=O)N(Cc1ccccc1)Cc1cccs1. The van der Waals surface area contributed by atoms with Crippen LogP contribution in [0.5, 0.6) is 5.75 Å².